The van der Waals surface area contributed by atoms with Crippen LogP contribution in [0.5, 0.6) is 0 Å². The third-order valence-electron chi connectivity index (χ3n) is 2.13. The smallest absolute Gasteiger partial charge is 0.307 e. The minimum absolute atomic E-state index is 0.176. The molecule has 1 aromatic rings. The van der Waals surface area contributed by atoms with E-state index in [4.69, 9.17) is 16.3 Å². The Morgan fingerprint density at radius 1 is 1.53 bits per heavy atom. The first-order valence-corrected chi connectivity index (χ1v) is 6.61. The first-order chi connectivity index (χ1) is 8.13. The van der Waals surface area contributed by atoms with Crippen LogP contribution in [0.3, 0.4) is 0 Å². The largest absolute Gasteiger partial charge is 0.466 e. The number of rotatable bonds is 6. The standard InChI is InChI=1S/C12H15BrClNO2/c1-2-17-12(16)5-6-15-8-9-7-10(14)3-4-11(9)13/h3-4,7,15H,2,5-6,8H2,1H3. The van der Waals surface area contributed by atoms with Gasteiger partial charge in [-0.1, -0.05) is 27.5 Å². The number of benzene rings is 1. The summed E-state index contributed by atoms with van der Waals surface area (Å²) in [5, 5.41) is 3.87. The highest BCUT2D eigenvalue weighted by Gasteiger charge is 2.03. The highest BCUT2D eigenvalue weighted by atomic mass is 79.9. The van der Waals surface area contributed by atoms with Crippen molar-refractivity contribution >= 4 is 33.5 Å². The predicted octanol–water partition coefficient (Wildman–Crippen LogP) is 3.15. The fourth-order valence-electron chi connectivity index (χ4n) is 1.33. The van der Waals surface area contributed by atoms with E-state index in [9.17, 15) is 4.79 Å². The third-order valence-corrected chi connectivity index (χ3v) is 3.14. The van der Waals surface area contributed by atoms with Crippen LogP contribution in [0.15, 0.2) is 22.7 Å². The van der Waals surface area contributed by atoms with E-state index in [1.165, 1.54) is 0 Å². The van der Waals surface area contributed by atoms with E-state index in [0.717, 1.165) is 10.0 Å². The van der Waals surface area contributed by atoms with Gasteiger partial charge in [0.2, 0.25) is 0 Å². The molecule has 0 aliphatic carbocycles. The molecule has 0 saturated heterocycles. The Labute approximate surface area is 115 Å². The molecule has 0 aliphatic rings. The Morgan fingerprint density at radius 3 is 3.00 bits per heavy atom. The fourth-order valence-corrected chi connectivity index (χ4v) is 1.91. The summed E-state index contributed by atoms with van der Waals surface area (Å²) in [5.41, 5.74) is 1.07. The molecular formula is C12H15BrClNO2. The Hall–Kier alpha value is -0.580. The van der Waals surface area contributed by atoms with E-state index >= 15 is 0 Å². The Bertz CT molecular complexity index is 385. The van der Waals surface area contributed by atoms with Crippen LogP contribution >= 0.6 is 27.5 Å². The van der Waals surface area contributed by atoms with Gasteiger partial charge < -0.3 is 10.1 Å². The van der Waals surface area contributed by atoms with Gasteiger partial charge in [-0.25, -0.2) is 0 Å². The van der Waals surface area contributed by atoms with E-state index in [1.54, 1.807) is 6.92 Å². The molecule has 0 atom stereocenters. The zero-order chi connectivity index (χ0) is 12.7. The van der Waals surface area contributed by atoms with Crippen molar-refractivity contribution in [3.8, 4) is 0 Å². The summed E-state index contributed by atoms with van der Waals surface area (Å²) in [5.74, 6) is -0.176. The summed E-state index contributed by atoms with van der Waals surface area (Å²) in [6.45, 7) is 3.49. The van der Waals surface area contributed by atoms with E-state index in [0.29, 0.717) is 31.1 Å². The molecule has 3 nitrogen and oxygen atoms in total. The van der Waals surface area contributed by atoms with E-state index in [1.807, 2.05) is 18.2 Å². The maximum Gasteiger partial charge on any atom is 0.307 e. The summed E-state index contributed by atoms with van der Waals surface area (Å²) in [4.78, 5) is 11.1. The molecule has 0 fully saturated rings. The lowest BCUT2D eigenvalue weighted by atomic mass is 10.2. The number of carbonyl (C=O) groups is 1. The van der Waals surface area contributed by atoms with Crippen LogP contribution < -0.4 is 5.32 Å². The van der Waals surface area contributed by atoms with Gasteiger partial charge in [0.05, 0.1) is 13.0 Å². The van der Waals surface area contributed by atoms with Gasteiger partial charge in [0.1, 0.15) is 0 Å². The number of nitrogens with one attached hydrogen (secondary N) is 1. The molecule has 94 valence electrons. The molecule has 0 spiro atoms. The lowest BCUT2D eigenvalue weighted by molar-refractivity contribution is -0.142. The van der Waals surface area contributed by atoms with Gasteiger partial charge in [-0.15, -0.1) is 0 Å². The normalized spacial score (nSPS) is 10.3. The zero-order valence-electron chi connectivity index (χ0n) is 9.63. The highest BCUT2D eigenvalue weighted by molar-refractivity contribution is 9.10. The van der Waals surface area contributed by atoms with Crippen LogP contribution in [0.2, 0.25) is 5.02 Å². The minimum Gasteiger partial charge on any atom is -0.466 e. The van der Waals surface area contributed by atoms with Crippen LogP contribution in [0.25, 0.3) is 0 Å². The van der Waals surface area contributed by atoms with Gasteiger partial charge in [0, 0.05) is 22.6 Å². The third kappa shape index (κ3) is 5.52. The Balaban J connectivity index is 2.31. The summed E-state index contributed by atoms with van der Waals surface area (Å²) in [7, 11) is 0. The van der Waals surface area contributed by atoms with Gasteiger partial charge >= 0.3 is 5.97 Å². The maximum absolute atomic E-state index is 11.1. The highest BCUT2D eigenvalue weighted by Crippen LogP contribution is 2.20. The minimum atomic E-state index is -0.176. The van der Waals surface area contributed by atoms with Crippen LogP contribution in [0.4, 0.5) is 0 Å². The van der Waals surface area contributed by atoms with Crippen molar-refractivity contribution in [3.05, 3.63) is 33.3 Å². The topological polar surface area (TPSA) is 38.3 Å². The van der Waals surface area contributed by atoms with E-state index < -0.39 is 0 Å². The number of hydrogen-bond acceptors (Lipinski definition) is 3. The monoisotopic (exact) mass is 319 g/mol. The fraction of sp³-hybridized carbons (Fsp3) is 0.417. The van der Waals surface area contributed by atoms with E-state index in [2.05, 4.69) is 21.2 Å². The zero-order valence-corrected chi connectivity index (χ0v) is 12.0. The van der Waals surface area contributed by atoms with Crippen molar-refractivity contribution in [2.75, 3.05) is 13.2 Å². The van der Waals surface area contributed by atoms with Crippen molar-refractivity contribution in [3.63, 3.8) is 0 Å². The first-order valence-electron chi connectivity index (χ1n) is 5.43. The van der Waals surface area contributed by atoms with Gasteiger partial charge in [0.15, 0.2) is 0 Å². The molecule has 0 heterocycles. The predicted molar refractivity (Wildman–Crippen MR) is 72.1 cm³/mol. The second-order valence-corrected chi connectivity index (χ2v) is 4.76. The van der Waals surface area contributed by atoms with Crippen LogP contribution in [-0.4, -0.2) is 19.1 Å². The molecule has 0 aliphatic heterocycles. The van der Waals surface area contributed by atoms with Crippen molar-refractivity contribution < 1.29 is 9.53 Å². The van der Waals surface area contributed by atoms with Gasteiger partial charge in [-0.3, -0.25) is 4.79 Å². The molecule has 1 N–H and O–H groups in total. The molecular weight excluding hydrogens is 305 g/mol. The number of ether oxygens (including phenoxy) is 1. The Morgan fingerprint density at radius 2 is 2.29 bits per heavy atom. The van der Waals surface area contributed by atoms with Crippen molar-refractivity contribution in [1.29, 1.82) is 0 Å². The Kier molecular flexibility index (Phi) is 6.55. The molecule has 0 bridgehead atoms. The molecule has 1 aromatic carbocycles. The van der Waals surface area contributed by atoms with Crippen molar-refractivity contribution in [2.24, 2.45) is 0 Å². The lowest BCUT2D eigenvalue weighted by Gasteiger charge is -2.07. The summed E-state index contributed by atoms with van der Waals surface area (Å²) < 4.78 is 5.83. The molecule has 0 amide bonds. The molecule has 0 saturated carbocycles. The molecule has 0 unspecified atom stereocenters. The first kappa shape index (κ1) is 14.5. The SMILES string of the molecule is CCOC(=O)CCNCc1cc(Cl)ccc1Br. The molecule has 17 heavy (non-hydrogen) atoms. The maximum atomic E-state index is 11.1. The number of carbonyl (C=O) groups excluding carboxylic acids is 1. The van der Waals surface area contributed by atoms with Gasteiger partial charge in [-0.2, -0.15) is 0 Å². The molecule has 0 radical (unpaired) electrons. The van der Waals surface area contributed by atoms with Crippen LogP contribution in [0, 0.1) is 0 Å². The molecule has 0 aromatic heterocycles. The average molecular weight is 321 g/mol. The van der Waals surface area contributed by atoms with Gasteiger partial charge in [-0.05, 0) is 30.7 Å². The second-order valence-electron chi connectivity index (χ2n) is 3.47. The quantitative estimate of drug-likeness (QED) is 0.646. The van der Waals surface area contributed by atoms with Crippen LogP contribution in [-0.2, 0) is 16.1 Å². The number of halogens is 2. The van der Waals surface area contributed by atoms with E-state index in [-0.39, 0.29) is 5.97 Å². The van der Waals surface area contributed by atoms with Crippen LogP contribution in [0.1, 0.15) is 18.9 Å². The number of esters is 1. The van der Waals surface area contributed by atoms with Crippen molar-refractivity contribution in [2.45, 2.75) is 19.9 Å². The summed E-state index contributed by atoms with van der Waals surface area (Å²) >= 11 is 9.34. The summed E-state index contributed by atoms with van der Waals surface area (Å²) in [6, 6.07) is 5.63. The molecule has 1 rings (SSSR count). The summed E-state index contributed by atoms with van der Waals surface area (Å²) in [6.07, 6.45) is 0.381. The lowest BCUT2D eigenvalue weighted by Crippen LogP contribution is -2.19. The van der Waals surface area contributed by atoms with Gasteiger partial charge in [0.25, 0.3) is 0 Å². The van der Waals surface area contributed by atoms with Crippen molar-refractivity contribution in [1.82, 2.24) is 5.32 Å². The average Bonchev–Trinajstić information content (AvgIpc) is 2.29. The molecule has 5 heteroatoms. The second kappa shape index (κ2) is 7.69. The number of hydrogen-bond donors (Lipinski definition) is 1.